The number of nitrogens with two attached hydrogens (primary N) is 1. The molecule has 5 heteroatoms. The normalized spacial score (nSPS) is 7.67. The number of hydrazine groups is 1. The Morgan fingerprint density at radius 3 is 2.33 bits per heavy atom. The fraction of sp³-hybridized carbons (Fsp3) is 0. The van der Waals surface area contributed by atoms with E-state index in [2.05, 4.69) is 21.8 Å². The van der Waals surface area contributed by atoms with Crippen LogP contribution in [0.1, 0.15) is 0 Å². The zero-order chi connectivity index (χ0) is 4.99. The van der Waals surface area contributed by atoms with Gasteiger partial charge in [-0.2, -0.15) is 0 Å². The van der Waals surface area contributed by atoms with Crippen molar-refractivity contribution in [3.05, 3.63) is 0 Å². The van der Waals surface area contributed by atoms with E-state index in [1.54, 1.807) is 0 Å². The summed E-state index contributed by atoms with van der Waals surface area (Å²) in [6.45, 7) is 0. The summed E-state index contributed by atoms with van der Waals surface area (Å²) in [5.41, 5.74) is 7.50. The standard InChI is InChI=1S/CH4N3S.Zn/c2-1(5)4-3;/h3H,(H3,2,4,5);/q-1;+1. The van der Waals surface area contributed by atoms with Gasteiger partial charge in [-0.15, -0.1) is 0 Å². The number of nitrogens with one attached hydrogen (secondary N) is 2. The molecule has 4 N–H and O–H groups in total. The average molecular weight is 156 g/mol. The molecule has 0 aliphatic heterocycles. The molecule has 0 aromatic carbocycles. The molecule has 0 saturated carbocycles. The Labute approximate surface area is 51.6 Å². The van der Waals surface area contributed by atoms with Gasteiger partial charge in [-0.1, -0.05) is 0 Å². The Bertz CT molecular complexity index is 54.8. The van der Waals surface area contributed by atoms with E-state index in [-0.39, 0.29) is 0 Å². The molecule has 0 bridgehead atoms. The van der Waals surface area contributed by atoms with Gasteiger partial charge in [-0.3, -0.25) is 0 Å². The van der Waals surface area contributed by atoms with Crippen molar-refractivity contribution in [1.82, 2.24) is 9.59 Å². The second-order valence-corrected chi connectivity index (χ2v) is 1.85. The first kappa shape index (κ1) is 6.27. The van der Waals surface area contributed by atoms with Crippen molar-refractivity contribution in [3.63, 3.8) is 0 Å². The van der Waals surface area contributed by atoms with E-state index in [1.807, 2.05) is 0 Å². The molecule has 31 valence electrons. The van der Waals surface area contributed by atoms with Gasteiger partial charge in [0.15, 0.2) is 0 Å². The molecule has 0 fully saturated rings. The molecule has 0 aromatic rings. The van der Waals surface area contributed by atoms with E-state index < -0.39 is 0 Å². The van der Waals surface area contributed by atoms with Gasteiger partial charge in [0.05, 0.1) is 0 Å². The summed E-state index contributed by atoms with van der Waals surface area (Å²) in [6, 6.07) is 0. The summed E-state index contributed by atoms with van der Waals surface area (Å²) < 4.78 is 2.68. The van der Waals surface area contributed by atoms with Gasteiger partial charge in [0.2, 0.25) is 0 Å². The van der Waals surface area contributed by atoms with Crippen LogP contribution in [-0.4, -0.2) is 5.11 Å². The first-order valence-electron chi connectivity index (χ1n) is 1.35. The molecule has 0 aliphatic carbocycles. The predicted molar refractivity (Wildman–Crippen MR) is 23.1 cm³/mol. The van der Waals surface area contributed by atoms with Gasteiger partial charge in [0, 0.05) is 0 Å². The minimum atomic E-state index is 0.293. The van der Waals surface area contributed by atoms with Crippen LogP contribution in [0.2, 0.25) is 0 Å². The fourth-order valence-electron chi connectivity index (χ4n) is 0.0871. The third-order valence-electron chi connectivity index (χ3n) is 0.212. The third kappa shape index (κ3) is 4.27. The second-order valence-electron chi connectivity index (χ2n) is 0.666. The molecular weight excluding hydrogens is 151 g/mol. The number of rotatable bonds is 1. The molecule has 0 spiro atoms. The van der Waals surface area contributed by atoms with Gasteiger partial charge in [-0.05, 0) is 0 Å². The van der Waals surface area contributed by atoms with Crippen molar-refractivity contribution < 1.29 is 18.5 Å². The van der Waals surface area contributed by atoms with E-state index in [9.17, 15) is 0 Å². The molecule has 3 nitrogen and oxygen atoms in total. The van der Waals surface area contributed by atoms with E-state index in [0.29, 0.717) is 5.11 Å². The maximum atomic E-state index is 4.98. The minimum absolute atomic E-state index is 0.293. The summed E-state index contributed by atoms with van der Waals surface area (Å²) in [4.78, 5) is 0. The Morgan fingerprint density at radius 1 is 1.83 bits per heavy atom. The molecule has 0 saturated heterocycles. The van der Waals surface area contributed by atoms with Crippen molar-refractivity contribution >= 4 is 17.3 Å². The zero-order valence-corrected chi connectivity index (χ0v) is 6.98. The van der Waals surface area contributed by atoms with Crippen molar-refractivity contribution in [2.75, 3.05) is 0 Å². The molecule has 0 atom stereocenters. The quantitative estimate of drug-likeness (QED) is 0.253. The Hall–Kier alpha value is 0.273. The summed E-state index contributed by atoms with van der Waals surface area (Å²) in [5, 5.41) is 0.293. The first-order valence-corrected chi connectivity index (χ1v) is 3.24. The summed E-state index contributed by atoms with van der Waals surface area (Å²) >= 11 is 5.36. The van der Waals surface area contributed by atoms with Gasteiger partial charge >= 0.3 is 51.2 Å². The van der Waals surface area contributed by atoms with Crippen LogP contribution in [0.4, 0.5) is 0 Å². The van der Waals surface area contributed by atoms with Crippen molar-refractivity contribution in [3.8, 4) is 0 Å². The van der Waals surface area contributed by atoms with Gasteiger partial charge in [0.1, 0.15) is 0 Å². The topological polar surface area (TPSA) is 50.1 Å². The van der Waals surface area contributed by atoms with E-state index in [4.69, 9.17) is 5.73 Å². The fourth-order valence-corrected chi connectivity index (χ4v) is 0.828. The monoisotopic (exact) mass is 154 g/mol. The zero-order valence-electron chi connectivity index (χ0n) is 3.19. The van der Waals surface area contributed by atoms with Crippen LogP contribution >= 0.6 is 12.2 Å². The van der Waals surface area contributed by atoms with Crippen LogP contribution < -0.4 is 15.3 Å². The number of thiocarbonyl (C=S) groups is 1. The predicted octanol–water partition coefficient (Wildman–Crippen LogP) is -1.21. The van der Waals surface area contributed by atoms with Crippen molar-refractivity contribution in [2.45, 2.75) is 0 Å². The maximum absolute atomic E-state index is 4.98. The van der Waals surface area contributed by atoms with Crippen LogP contribution in [0.15, 0.2) is 0 Å². The van der Waals surface area contributed by atoms with Gasteiger partial charge in [0.25, 0.3) is 0 Å². The molecule has 0 aromatic heterocycles. The third-order valence-corrected chi connectivity index (χ3v) is 0.685. The average Bonchev–Trinajstić information content (AvgIpc) is 1.35. The van der Waals surface area contributed by atoms with Gasteiger partial charge in [-0.25, -0.2) is 0 Å². The number of hydrogen-bond acceptors (Lipinski definition) is 2. The number of hydrogen-bond donors (Lipinski definition) is 3. The Balaban J connectivity index is 2.83. The van der Waals surface area contributed by atoms with E-state index in [0.717, 1.165) is 18.5 Å². The second kappa shape index (κ2) is 3.46. The van der Waals surface area contributed by atoms with Crippen LogP contribution in [0.25, 0.3) is 0 Å². The van der Waals surface area contributed by atoms with Crippen LogP contribution in [-0.2, 0) is 18.5 Å². The SMILES string of the molecule is NC(=S)N[NH][Zn]. The molecule has 0 rings (SSSR count). The molecule has 0 amide bonds. The molecular formula is CH4N3SZn. The summed E-state index contributed by atoms with van der Waals surface area (Å²) in [6.07, 6.45) is 0. The van der Waals surface area contributed by atoms with E-state index >= 15 is 0 Å². The first-order chi connectivity index (χ1) is 2.77. The molecule has 0 aliphatic rings. The van der Waals surface area contributed by atoms with E-state index in [1.165, 1.54) is 0 Å². The summed E-state index contributed by atoms with van der Waals surface area (Å²) in [5.74, 6) is 0. The van der Waals surface area contributed by atoms with Crippen LogP contribution in [0.3, 0.4) is 0 Å². The molecule has 0 radical (unpaired) electrons. The molecule has 0 unspecified atom stereocenters. The summed E-state index contributed by atoms with van der Waals surface area (Å²) in [7, 11) is 0. The van der Waals surface area contributed by atoms with Crippen molar-refractivity contribution in [1.29, 1.82) is 0 Å². The van der Waals surface area contributed by atoms with Crippen molar-refractivity contribution in [2.24, 2.45) is 5.73 Å². The van der Waals surface area contributed by atoms with Crippen LogP contribution in [0, 0.1) is 0 Å². The van der Waals surface area contributed by atoms with Crippen LogP contribution in [0.5, 0.6) is 0 Å². The molecule has 0 heterocycles. The Morgan fingerprint density at radius 2 is 2.33 bits per heavy atom. The van der Waals surface area contributed by atoms with Gasteiger partial charge < -0.3 is 0 Å². The molecule has 6 heavy (non-hydrogen) atoms. The Kier molecular flexibility index (Phi) is 3.62.